The fourth-order valence-corrected chi connectivity index (χ4v) is 3.87. The third-order valence-electron chi connectivity index (χ3n) is 4.58. The molecule has 0 aliphatic carbocycles. The van der Waals surface area contributed by atoms with Gasteiger partial charge in [-0.1, -0.05) is 60.7 Å². The molecule has 4 amide bonds. The van der Waals surface area contributed by atoms with Crippen LogP contribution < -0.4 is 16.2 Å². The molecule has 0 radical (unpaired) electrons. The van der Waals surface area contributed by atoms with E-state index in [-0.39, 0.29) is 19.0 Å². The summed E-state index contributed by atoms with van der Waals surface area (Å²) in [6.45, 7) is 2.37. The Morgan fingerprint density at radius 2 is 1.62 bits per heavy atom. The minimum atomic E-state index is -0.429. The van der Waals surface area contributed by atoms with Gasteiger partial charge in [0.15, 0.2) is 0 Å². The van der Waals surface area contributed by atoms with Crippen molar-refractivity contribution in [3.8, 4) is 10.6 Å². The molecule has 1 heterocycles. The summed E-state index contributed by atoms with van der Waals surface area (Å²) < 4.78 is 0. The number of hydrogen-bond acceptors (Lipinski definition) is 5. The Bertz CT molecular complexity index is 1070. The highest BCUT2D eigenvalue weighted by Gasteiger charge is 2.17. The third kappa shape index (κ3) is 6.39. The number of thiazole rings is 1. The molecule has 9 heteroatoms. The van der Waals surface area contributed by atoms with E-state index in [1.807, 2.05) is 60.7 Å². The summed E-state index contributed by atoms with van der Waals surface area (Å²) in [5.74, 6) is -0.836. The topological polar surface area (TPSA) is 103 Å². The molecule has 0 atom stereocenters. The van der Waals surface area contributed by atoms with Crippen LogP contribution >= 0.6 is 11.3 Å². The summed E-state index contributed by atoms with van der Waals surface area (Å²) in [5.41, 5.74) is 7.31. The number of hydrazine groups is 1. The van der Waals surface area contributed by atoms with Gasteiger partial charge in [-0.3, -0.25) is 20.4 Å². The van der Waals surface area contributed by atoms with E-state index in [0.717, 1.165) is 16.1 Å². The number of aryl methyl sites for hydroxylation is 1. The SMILES string of the molecule is Cc1nc(-c2ccccc2)sc1C(=O)NNC(=O)CCNC(=O)N(C)Cc1ccccc1. The number of nitrogens with zero attached hydrogens (tertiary/aromatic N) is 2. The molecule has 0 fully saturated rings. The lowest BCUT2D eigenvalue weighted by Gasteiger charge is -2.18. The second-order valence-corrected chi connectivity index (χ2v) is 8.12. The number of carbonyl (C=O) groups is 3. The molecule has 32 heavy (non-hydrogen) atoms. The molecule has 0 bridgehead atoms. The van der Waals surface area contributed by atoms with Gasteiger partial charge in [-0.05, 0) is 12.5 Å². The van der Waals surface area contributed by atoms with E-state index in [1.54, 1.807) is 14.0 Å². The highest BCUT2D eigenvalue weighted by molar-refractivity contribution is 7.17. The largest absolute Gasteiger partial charge is 0.337 e. The van der Waals surface area contributed by atoms with Gasteiger partial charge in [0.1, 0.15) is 9.88 Å². The average Bonchev–Trinajstić information content (AvgIpc) is 3.20. The highest BCUT2D eigenvalue weighted by atomic mass is 32.1. The van der Waals surface area contributed by atoms with Gasteiger partial charge >= 0.3 is 6.03 Å². The van der Waals surface area contributed by atoms with Gasteiger partial charge in [0, 0.05) is 32.1 Å². The number of hydrogen-bond donors (Lipinski definition) is 3. The van der Waals surface area contributed by atoms with Crippen molar-refractivity contribution in [2.45, 2.75) is 19.9 Å². The standard InChI is InChI=1S/C23H25N5O3S/c1-16-20(32-22(25-16)18-11-7-4-8-12-18)21(30)27-26-19(29)13-14-24-23(31)28(2)15-17-9-5-3-6-10-17/h3-12H,13-15H2,1-2H3,(H,24,31)(H,26,29)(H,27,30). The molecule has 0 aliphatic rings. The summed E-state index contributed by atoms with van der Waals surface area (Å²) in [6.07, 6.45) is 0.0299. The molecule has 0 spiro atoms. The molecule has 0 saturated carbocycles. The van der Waals surface area contributed by atoms with Crippen LogP contribution in [0, 0.1) is 6.92 Å². The van der Waals surface area contributed by atoms with Crippen molar-refractivity contribution in [3.63, 3.8) is 0 Å². The fourth-order valence-electron chi connectivity index (χ4n) is 2.90. The Balaban J connectivity index is 1.41. The molecule has 3 rings (SSSR count). The maximum absolute atomic E-state index is 12.4. The van der Waals surface area contributed by atoms with Crippen LogP contribution in [-0.4, -0.2) is 41.3 Å². The first-order chi connectivity index (χ1) is 15.4. The summed E-state index contributed by atoms with van der Waals surface area (Å²) in [7, 11) is 1.68. The number of rotatable bonds is 7. The number of aromatic nitrogens is 1. The highest BCUT2D eigenvalue weighted by Crippen LogP contribution is 2.27. The summed E-state index contributed by atoms with van der Waals surface area (Å²) in [5, 5.41) is 3.43. The Morgan fingerprint density at radius 3 is 2.31 bits per heavy atom. The van der Waals surface area contributed by atoms with E-state index in [1.165, 1.54) is 16.2 Å². The van der Waals surface area contributed by atoms with Crippen LogP contribution in [-0.2, 0) is 11.3 Å². The predicted molar refractivity (Wildman–Crippen MR) is 124 cm³/mol. The second-order valence-electron chi connectivity index (χ2n) is 7.13. The zero-order valence-electron chi connectivity index (χ0n) is 17.9. The van der Waals surface area contributed by atoms with Crippen LogP contribution in [0.15, 0.2) is 60.7 Å². The average molecular weight is 452 g/mol. The molecular formula is C23H25N5O3S. The fraction of sp³-hybridized carbons (Fsp3) is 0.217. The van der Waals surface area contributed by atoms with Gasteiger partial charge in [-0.15, -0.1) is 11.3 Å². The van der Waals surface area contributed by atoms with Crippen molar-refractivity contribution in [1.29, 1.82) is 0 Å². The van der Waals surface area contributed by atoms with Crippen molar-refractivity contribution in [2.24, 2.45) is 0 Å². The Hall–Kier alpha value is -3.72. The third-order valence-corrected chi connectivity index (χ3v) is 5.78. The monoisotopic (exact) mass is 451 g/mol. The van der Waals surface area contributed by atoms with Crippen molar-refractivity contribution in [1.82, 2.24) is 26.1 Å². The molecule has 8 nitrogen and oxygen atoms in total. The number of urea groups is 1. The van der Waals surface area contributed by atoms with E-state index in [0.29, 0.717) is 17.1 Å². The molecule has 0 saturated heterocycles. The zero-order valence-corrected chi connectivity index (χ0v) is 18.7. The number of benzene rings is 2. The van der Waals surface area contributed by atoms with Crippen molar-refractivity contribution in [3.05, 3.63) is 76.8 Å². The van der Waals surface area contributed by atoms with E-state index < -0.39 is 11.8 Å². The first-order valence-corrected chi connectivity index (χ1v) is 10.9. The Labute approximate surface area is 190 Å². The van der Waals surface area contributed by atoms with E-state index in [2.05, 4.69) is 21.2 Å². The van der Waals surface area contributed by atoms with Gasteiger partial charge in [-0.25, -0.2) is 9.78 Å². The van der Waals surface area contributed by atoms with Gasteiger partial charge in [-0.2, -0.15) is 0 Å². The number of carbonyl (C=O) groups excluding carboxylic acids is 3. The summed E-state index contributed by atoms with van der Waals surface area (Å²) >= 11 is 1.26. The Kier molecular flexibility index (Phi) is 7.93. The van der Waals surface area contributed by atoms with E-state index in [9.17, 15) is 14.4 Å². The molecule has 3 N–H and O–H groups in total. The van der Waals surface area contributed by atoms with Gasteiger partial charge < -0.3 is 10.2 Å². The number of amides is 4. The lowest BCUT2D eigenvalue weighted by molar-refractivity contribution is -0.121. The normalized spacial score (nSPS) is 10.3. The van der Waals surface area contributed by atoms with Crippen molar-refractivity contribution in [2.75, 3.05) is 13.6 Å². The second kappa shape index (κ2) is 11.1. The first kappa shape index (κ1) is 23.0. The van der Waals surface area contributed by atoms with E-state index >= 15 is 0 Å². The molecule has 166 valence electrons. The zero-order chi connectivity index (χ0) is 22.9. The maximum Gasteiger partial charge on any atom is 0.317 e. The molecular weight excluding hydrogens is 426 g/mol. The molecule has 2 aromatic carbocycles. The van der Waals surface area contributed by atoms with Crippen LogP contribution in [0.4, 0.5) is 4.79 Å². The predicted octanol–water partition coefficient (Wildman–Crippen LogP) is 3.11. The van der Waals surface area contributed by atoms with Crippen LogP contribution in [0.2, 0.25) is 0 Å². The quantitative estimate of drug-likeness (QED) is 0.480. The minimum absolute atomic E-state index is 0.0299. The molecule has 0 unspecified atom stereocenters. The van der Waals surface area contributed by atoms with Gasteiger partial charge in [0.25, 0.3) is 5.91 Å². The molecule has 3 aromatic rings. The number of nitrogens with one attached hydrogen (secondary N) is 3. The first-order valence-electron chi connectivity index (χ1n) is 10.1. The lowest BCUT2D eigenvalue weighted by Crippen LogP contribution is -2.43. The van der Waals surface area contributed by atoms with E-state index in [4.69, 9.17) is 0 Å². The van der Waals surface area contributed by atoms with Crippen LogP contribution in [0.1, 0.15) is 27.3 Å². The van der Waals surface area contributed by atoms with Gasteiger partial charge in [0.2, 0.25) is 5.91 Å². The lowest BCUT2D eigenvalue weighted by atomic mass is 10.2. The molecule has 1 aromatic heterocycles. The van der Waals surface area contributed by atoms with Crippen LogP contribution in [0.25, 0.3) is 10.6 Å². The minimum Gasteiger partial charge on any atom is -0.337 e. The van der Waals surface area contributed by atoms with Crippen LogP contribution in [0.5, 0.6) is 0 Å². The van der Waals surface area contributed by atoms with Gasteiger partial charge in [0.05, 0.1) is 5.69 Å². The van der Waals surface area contributed by atoms with Crippen LogP contribution in [0.3, 0.4) is 0 Å². The van der Waals surface area contributed by atoms with Crippen molar-refractivity contribution < 1.29 is 14.4 Å². The van der Waals surface area contributed by atoms with Crippen molar-refractivity contribution >= 4 is 29.2 Å². The summed E-state index contributed by atoms with van der Waals surface area (Å²) in [6, 6.07) is 18.9. The smallest absolute Gasteiger partial charge is 0.317 e. The molecule has 0 aliphatic heterocycles. The maximum atomic E-state index is 12.4. The summed E-state index contributed by atoms with van der Waals surface area (Å²) in [4.78, 5) is 43.0. The Morgan fingerprint density at radius 1 is 0.969 bits per heavy atom.